The quantitative estimate of drug-likeness (QED) is 0.672. The molecule has 0 N–H and O–H groups in total. The van der Waals surface area contributed by atoms with E-state index >= 15 is 0 Å². The molecule has 5 heteroatoms. The van der Waals surface area contributed by atoms with E-state index in [0.29, 0.717) is 10.9 Å². The SMILES string of the molecule is C(=N\c1nnc(-c2ccccc2)s1)/c1ccco1. The minimum Gasteiger partial charge on any atom is -0.463 e. The number of furan rings is 1. The molecule has 0 radical (unpaired) electrons. The molecule has 0 unspecified atom stereocenters. The Morgan fingerprint density at radius 3 is 2.72 bits per heavy atom. The van der Waals surface area contributed by atoms with Gasteiger partial charge in [-0.2, -0.15) is 0 Å². The van der Waals surface area contributed by atoms with Crippen molar-refractivity contribution in [3.05, 3.63) is 54.5 Å². The van der Waals surface area contributed by atoms with Gasteiger partial charge in [0.05, 0.1) is 12.5 Å². The molecular weight excluding hydrogens is 246 g/mol. The molecule has 0 spiro atoms. The molecule has 2 heterocycles. The predicted octanol–water partition coefficient (Wildman–Crippen LogP) is 3.55. The second-order valence-electron chi connectivity index (χ2n) is 3.53. The van der Waals surface area contributed by atoms with Gasteiger partial charge in [-0.15, -0.1) is 10.2 Å². The van der Waals surface area contributed by atoms with E-state index in [1.807, 2.05) is 42.5 Å². The number of hydrogen-bond acceptors (Lipinski definition) is 5. The van der Waals surface area contributed by atoms with E-state index in [-0.39, 0.29) is 0 Å². The number of benzene rings is 1. The number of aliphatic imine (C=N–C) groups is 1. The van der Waals surface area contributed by atoms with Gasteiger partial charge in [-0.05, 0) is 12.1 Å². The molecule has 1 aromatic carbocycles. The van der Waals surface area contributed by atoms with Gasteiger partial charge in [0.15, 0.2) is 0 Å². The Bertz CT molecular complexity index is 644. The molecule has 88 valence electrons. The first kappa shape index (κ1) is 10.9. The summed E-state index contributed by atoms with van der Waals surface area (Å²) in [5, 5.41) is 9.61. The van der Waals surface area contributed by atoms with E-state index in [1.165, 1.54) is 11.3 Å². The van der Waals surface area contributed by atoms with Gasteiger partial charge < -0.3 is 4.42 Å². The van der Waals surface area contributed by atoms with Crippen molar-refractivity contribution >= 4 is 22.7 Å². The van der Waals surface area contributed by atoms with Crippen LogP contribution in [-0.4, -0.2) is 16.4 Å². The van der Waals surface area contributed by atoms with Crippen molar-refractivity contribution in [2.24, 2.45) is 4.99 Å². The third-order valence-electron chi connectivity index (χ3n) is 2.28. The summed E-state index contributed by atoms with van der Waals surface area (Å²) >= 11 is 1.45. The van der Waals surface area contributed by atoms with Crippen molar-refractivity contribution in [2.45, 2.75) is 0 Å². The van der Waals surface area contributed by atoms with Crippen LogP contribution in [0.5, 0.6) is 0 Å². The molecule has 0 aliphatic carbocycles. The lowest BCUT2D eigenvalue weighted by atomic mass is 10.2. The second kappa shape index (κ2) is 4.93. The molecule has 2 aromatic heterocycles. The molecule has 0 fully saturated rings. The van der Waals surface area contributed by atoms with Crippen molar-refractivity contribution in [2.75, 3.05) is 0 Å². The summed E-state index contributed by atoms with van der Waals surface area (Å²) in [6.07, 6.45) is 3.24. The third-order valence-corrected chi connectivity index (χ3v) is 3.16. The number of aromatic nitrogens is 2. The summed E-state index contributed by atoms with van der Waals surface area (Å²) in [7, 11) is 0. The maximum absolute atomic E-state index is 5.15. The Balaban J connectivity index is 1.82. The van der Waals surface area contributed by atoms with Crippen LogP contribution in [0.3, 0.4) is 0 Å². The van der Waals surface area contributed by atoms with E-state index < -0.39 is 0 Å². The molecule has 0 amide bonds. The summed E-state index contributed by atoms with van der Waals surface area (Å²) in [4.78, 5) is 4.22. The van der Waals surface area contributed by atoms with Crippen molar-refractivity contribution in [1.82, 2.24) is 10.2 Å². The fraction of sp³-hybridized carbons (Fsp3) is 0. The van der Waals surface area contributed by atoms with E-state index in [0.717, 1.165) is 10.6 Å². The van der Waals surface area contributed by atoms with Gasteiger partial charge in [0, 0.05) is 5.56 Å². The lowest BCUT2D eigenvalue weighted by molar-refractivity contribution is 0.560. The van der Waals surface area contributed by atoms with Gasteiger partial charge in [0.1, 0.15) is 10.8 Å². The van der Waals surface area contributed by atoms with Gasteiger partial charge in [-0.1, -0.05) is 41.7 Å². The molecule has 18 heavy (non-hydrogen) atoms. The second-order valence-corrected chi connectivity index (χ2v) is 4.49. The van der Waals surface area contributed by atoms with Gasteiger partial charge in [0.2, 0.25) is 5.13 Å². The highest BCUT2D eigenvalue weighted by molar-refractivity contribution is 7.18. The lowest BCUT2D eigenvalue weighted by Crippen LogP contribution is -1.74. The van der Waals surface area contributed by atoms with Crippen molar-refractivity contribution in [1.29, 1.82) is 0 Å². The third kappa shape index (κ3) is 2.36. The average Bonchev–Trinajstić information content (AvgIpc) is 3.09. The normalized spacial score (nSPS) is 11.1. The zero-order valence-corrected chi connectivity index (χ0v) is 10.2. The number of hydrogen-bond donors (Lipinski definition) is 0. The zero-order valence-electron chi connectivity index (χ0n) is 9.35. The molecule has 3 aromatic rings. The molecule has 0 aliphatic rings. The fourth-order valence-electron chi connectivity index (χ4n) is 1.45. The van der Waals surface area contributed by atoms with Gasteiger partial charge in [-0.25, -0.2) is 4.99 Å². The van der Waals surface area contributed by atoms with Crippen LogP contribution in [0.4, 0.5) is 5.13 Å². The van der Waals surface area contributed by atoms with Gasteiger partial charge >= 0.3 is 0 Å². The van der Waals surface area contributed by atoms with Gasteiger partial charge in [0.25, 0.3) is 0 Å². The molecule has 0 bridgehead atoms. The highest BCUT2D eigenvalue weighted by Gasteiger charge is 2.04. The first-order valence-electron chi connectivity index (χ1n) is 5.38. The standard InChI is InChI=1S/C13H9N3OS/c1-2-5-10(6-3-1)12-15-16-13(18-12)14-9-11-7-4-8-17-11/h1-9H/b14-9+. The Hall–Kier alpha value is -2.27. The molecule has 0 atom stereocenters. The molecule has 3 rings (SSSR count). The molecule has 0 saturated heterocycles. The van der Waals surface area contributed by atoms with E-state index in [1.54, 1.807) is 12.5 Å². The monoisotopic (exact) mass is 255 g/mol. The van der Waals surface area contributed by atoms with Crippen molar-refractivity contribution < 1.29 is 4.42 Å². The topological polar surface area (TPSA) is 51.3 Å². The van der Waals surface area contributed by atoms with Crippen LogP contribution >= 0.6 is 11.3 Å². The van der Waals surface area contributed by atoms with Crippen LogP contribution in [0.25, 0.3) is 10.6 Å². The lowest BCUT2D eigenvalue weighted by Gasteiger charge is -1.90. The summed E-state index contributed by atoms with van der Waals surface area (Å²) in [5.41, 5.74) is 1.05. The first-order valence-corrected chi connectivity index (χ1v) is 6.20. The predicted molar refractivity (Wildman–Crippen MR) is 71.3 cm³/mol. The summed E-state index contributed by atoms with van der Waals surface area (Å²) in [6, 6.07) is 13.6. The maximum Gasteiger partial charge on any atom is 0.232 e. The van der Waals surface area contributed by atoms with Crippen molar-refractivity contribution in [3.63, 3.8) is 0 Å². The number of rotatable bonds is 3. The molecule has 0 aliphatic heterocycles. The average molecular weight is 255 g/mol. The van der Waals surface area contributed by atoms with E-state index in [9.17, 15) is 0 Å². The Labute approximate surface area is 108 Å². The molecular formula is C13H9N3OS. The largest absolute Gasteiger partial charge is 0.463 e. The number of nitrogens with zero attached hydrogens (tertiary/aromatic N) is 3. The maximum atomic E-state index is 5.15. The highest BCUT2D eigenvalue weighted by Crippen LogP contribution is 2.27. The van der Waals surface area contributed by atoms with Crippen LogP contribution in [-0.2, 0) is 0 Å². The Morgan fingerprint density at radius 1 is 1.06 bits per heavy atom. The zero-order chi connectivity index (χ0) is 12.2. The van der Waals surface area contributed by atoms with Crippen LogP contribution in [0, 0.1) is 0 Å². The minimum absolute atomic E-state index is 0.616. The van der Waals surface area contributed by atoms with Gasteiger partial charge in [-0.3, -0.25) is 0 Å². The summed E-state index contributed by atoms with van der Waals surface area (Å²) in [6.45, 7) is 0. The summed E-state index contributed by atoms with van der Waals surface area (Å²) in [5.74, 6) is 0.700. The van der Waals surface area contributed by atoms with Crippen LogP contribution in [0.15, 0.2) is 58.1 Å². The molecule has 0 saturated carbocycles. The Morgan fingerprint density at radius 2 is 1.94 bits per heavy atom. The summed E-state index contributed by atoms with van der Waals surface area (Å²) < 4.78 is 5.15. The van der Waals surface area contributed by atoms with Crippen LogP contribution in [0.1, 0.15) is 5.76 Å². The van der Waals surface area contributed by atoms with Crippen LogP contribution in [0.2, 0.25) is 0 Å². The fourth-order valence-corrected chi connectivity index (χ4v) is 2.14. The highest BCUT2D eigenvalue weighted by atomic mass is 32.1. The van der Waals surface area contributed by atoms with Crippen molar-refractivity contribution in [3.8, 4) is 10.6 Å². The van der Waals surface area contributed by atoms with E-state index in [4.69, 9.17) is 4.42 Å². The first-order chi connectivity index (χ1) is 8.92. The Kier molecular flexibility index (Phi) is 2.97. The van der Waals surface area contributed by atoms with Crippen LogP contribution < -0.4 is 0 Å². The molecule has 4 nitrogen and oxygen atoms in total. The smallest absolute Gasteiger partial charge is 0.232 e. The minimum atomic E-state index is 0.616. The van der Waals surface area contributed by atoms with E-state index in [2.05, 4.69) is 15.2 Å².